The number of methoxy groups -OCH3 is 2. The monoisotopic (exact) mass is 462 g/mol. The molecule has 7 heteroatoms. The second kappa shape index (κ2) is 8.09. The Morgan fingerprint density at radius 1 is 1.07 bits per heavy atom. The predicted octanol–water partition coefficient (Wildman–Crippen LogP) is 5.93. The van der Waals surface area contributed by atoms with Crippen molar-refractivity contribution in [3.63, 3.8) is 0 Å². The molecule has 2 N–H and O–H groups in total. The van der Waals surface area contributed by atoms with Gasteiger partial charge in [0.2, 0.25) is 0 Å². The Morgan fingerprint density at radius 2 is 1.83 bits per heavy atom. The Balaban J connectivity index is 1.89. The Morgan fingerprint density at radius 3 is 2.57 bits per heavy atom. The number of aromatic nitrogens is 2. The highest BCUT2D eigenvalue weighted by Crippen LogP contribution is 2.42. The lowest BCUT2D eigenvalue weighted by molar-refractivity contribution is 0.355. The molecule has 0 saturated heterocycles. The van der Waals surface area contributed by atoms with E-state index in [1.54, 1.807) is 26.6 Å². The van der Waals surface area contributed by atoms with E-state index in [2.05, 4.69) is 44.2 Å². The minimum Gasteiger partial charge on any atom is -0.493 e. The molecular formula is C23H19BrN4O2. The van der Waals surface area contributed by atoms with Crippen molar-refractivity contribution in [3.8, 4) is 28.7 Å². The number of rotatable bonds is 5. The number of benzene rings is 2. The quantitative estimate of drug-likeness (QED) is 0.383. The zero-order valence-corrected chi connectivity index (χ0v) is 18.3. The average Bonchev–Trinajstić information content (AvgIpc) is 3.25. The van der Waals surface area contributed by atoms with Gasteiger partial charge in [0.15, 0.2) is 11.5 Å². The molecule has 2 aromatic carbocycles. The zero-order chi connectivity index (χ0) is 21.3. The van der Waals surface area contributed by atoms with Gasteiger partial charge in [-0.15, -0.1) is 0 Å². The van der Waals surface area contributed by atoms with Gasteiger partial charge in [-0.2, -0.15) is 5.26 Å². The number of halogens is 1. The number of nitriles is 1. The van der Waals surface area contributed by atoms with Gasteiger partial charge in [-0.3, -0.25) is 4.98 Å². The second-order valence-corrected chi connectivity index (χ2v) is 7.56. The Labute approximate surface area is 182 Å². The molecule has 0 aliphatic heterocycles. The first-order valence-corrected chi connectivity index (χ1v) is 10.0. The minimum atomic E-state index is 0.447. The number of H-pyrrole nitrogens is 1. The minimum absolute atomic E-state index is 0.447. The molecule has 4 rings (SSSR count). The van der Waals surface area contributed by atoms with Gasteiger partial charge in [-0.05, 0) is 42.8 Å². The second-order valence-electron chi connectivity index (χ2n) is 6.71. The Kier molecular flexibility index (Phi) is 5.34. The molecule has 0 bridgehead atoms. The van der Waals surface area contributed by atoms with E-state index in [0.717, 1.165) is 37.8 Å². The third-order valence-electron chi connectivity index (χ3n) is 5.09. The van der Waals surface area contributed by atoms with Crippen LogP contribution in [-0.2, 0) is 0 Å². The fraction of sp³-hybridized carbons (Fsp3) is 0.130. The van der Waals surface area contributed by atoms with Crippen molar-refractivity contribution in [2.45, 2.75) is 6.92 Å². The number of pyridine rings is 1. The highest BCUT2D eigenvalue weighted by Gasteiger charge is 2.18. The Hall–Kier alpha value is -3.50. The number of nitrogens with one attached hydrogen (secondary N) is 2. The number of ether oxygens (including phenoxy) is 2. The van der Waals surface area contributed by atoms with Crippen LogP contribution in [0.2, 0.25) is 0 Å². The van der Waals surface area contributed by atoms with Crippen LogP contribution in [0, 0.1) is 18.3 Å². The summed E-state index contributed by atoms with van der Waals surface area (Å²) in [4.78, 5) is 7.50. The number of fused-ring (bicyclic) bond motifs is 1. The molecule has 2 heterocycles. The highest BCUT2D eigenvalue weighted by atomic mass is 79.9. The van der Waals surface area contributed by atoms with E-state index < -0.39 is 0 Å². The van der Waals surface area contributed by atoms with E-state index in [1.807, 2.05) is 36.5 Å². The molecule has 0 spiro atoms. The average molecular weight is 463 g/mol. The molecule has 0 radical (unpaired) electrons. The number of aromatic amines is 1. The van der Waals surface area contributed by atoms with Crippen LogP contribution < -0.4 is 14.8 Å². The van der Waals surface area contributed by atoms with Crippen molar-refractivity contribution in [3.05, 3.63) is 64.5 Å². The fourth-order valence-electron chi connectivity index (χ4n) is 3.50. The van der Waals surface area contributed by atoms with E-state index in [-0.39, 0.29) is 0 Å². The van der Waals surface area contributed by atoms with E-state index >= 15 is 0 Å². The van der Waals surface area contributed by atoms with Crippen molar-refractivity contribution in [1.82, 2.24) is 9.97 Å². The van der Waals surface area contributed by atoms with Crippen LogP contribution >= 0.6 is 15.9 Å². The van der Waals surface area contributed by atoms with Crippen LogP contribution in [0.25, 0.3) is 22.0 Å². The van der Waals surface area contributed by atoms with Gasteiger partial charge in [0, 0.05) is 50.8 Å². The van der Waals surface area contributed by atoms with E-state index in [9.17, 15) is 5.26 Å². The number of aryl methyl sites for hydroxylation is 1. The van der Waals surface area contributed by atoms with E-state index in [4.69, 9.17) is 9.47 Å². The lowest BCUT2D eigenvalue weighted by atomic mass is 10.0. The van der Waals surface area contributed by atoms with Crippen molar-refractivity contribution >= 4 is 38.2 Å². The maximum Gasteiger partial charge on any atom is 0.161 e. The standard InChI is InChI=1S/C23H19BrN4O2/c1-13-15-6-7-27-20(15)5-4-19(13)28-23-14(10-25)11-26-12-17(23)16-8-21(29-2)22(30-3)9-18(16)24/h4-9,11-12,27H,1-3H3,(H,26,28). The van der Waals surface area contributed by atoms with Gasteiger partial charge in [-0.1, -0.05) is 15.9 Å². The summed E-state index contributed by atoms with van der Waals surface area (Å²) in [5.74, 6) is 1.20. The van der Waals surface area contributed by atoms with Crippen molar-refractivity contribution in [2.24, 2.45) is 0 Å². The highest BCUT2D eigenvalue weighted by molar-refractivity contribution is 9.10. The first kappa shape index (κ1) is 19.8. The smallest absolute Gasteiger partial charge is 0.161 e. The van der Waals surface area contributed by atoms with Crippen molar-refractivity contribution < 1.29 is 9.47 Å². The first-order chi connectivity index (χ1) is 14.6. The normalized spacial score (nSPS) is 10.6. The van der Waals surface area contributed by atoms with Gasteiger partial charge in [0.25, 0.3) is 0 Å². The molecule has 0 saturated carbocycles. The summed E-state index contributed by atoms with van der Waals surface area (Å²) in [5.41, 5.74) is 5.81. The molecule has 2 aromatic heterocycles. The molecule has 0 aliphatic rings. The first-order valence-electron chi connectivity index (χ1n) is 9.21. The number of anilines is 2. The molecule has 0 amide bonds. The van der Waals surface area contributed by atoms with Crippen LogP contribution in [0.4, 0.5) is 11.4 Å². The number of nitrogens with zero attached hydrogens (tertiary/aromatic N) is 2. The summed E-state index contributed by atoms with van der Waals surface area (Å²) in [7, 11) is 3.18. The molecular weight excluding hydrogens is 444 g/mol. The van der Waals surface area contributed by atoms with Crippen LogP contribution in [-0.4, -0.2) is 24.2 Å². The van der Waals surface area contributed by atoms with Gasteiger partial charge < -0.3 is 19.8 Å². The third kappa shape index (κ3) is 3.36. The molecule has 150 valence electrons. The summed E-state index contributed by atoms with van der Waals surface area (Å²) in [6.45, 7) is 2.05. The molecule has 4 aromatic rings. The molecule has 0 unspecified atom stereocenters. The molecule has 0 aliphatic carbocycles. The predicted molar refractivity (Wildman–Crippen MR) is 122 cm³/mol. The zero-order valence-electron chi connectivity index (χ0n) is 16.7. The summed E-state index contributed by atoms with van der Waals surface area (Å²) in [6, 6.07) is 12.0. The molecule has 0 fully saturated rings. The maximum absolute atomic E-state index is 9.74. The van der Waals surface area contributed by atoms with Gasteiger partial charge in [0.1, 0.15) is 6.07 Å². The van der Waals surface area contributed by atoms with Gasteiger partial charge in [0.05, 0.1) is 25.5 Å². The van der Waals surface area contributed by atoms with Gasteiger partial charge in [-0.25, -0.2) is 0 Å². The summed E-state index contributed by atoms with van der Waals surface area (Å²) in [5, 5.41) is 14.3. The fourth-order valence-corrected chi connectivity index (χ4v) is 4.03. The SMILES string of the molecule is COc1cc(Br)c(-c2cncc(C#N)c2Nc2ccc3[nH]ccc3c2C)cc1OC. The van der Waals surface area contributed by atoms with E-state index in [0.29, 0.717) is 22.7 Å². The van der Waals surface area contributed by atoms with Crippen molar-refractivity contribution in [1.29, 1.82) is 5.26 Å². The van der Waals surface area contributed by atoms with Crippen LogP contribution in [0.1, 0.15) is 11.1 Å². The summed E-state index contributed by atoms with van der Waals surface area (Å²) in [6.07, 6.45) is 5.21. The van der Waals surface area contributed by atoms with Crippen LogP contribution in [0.3, 0.4) is 0 Å². The molecule has 0 atom stereocenters. The summed E-state index contributed by atoms with van der Waals surface area (Å²) >= 11 is 3.62. The molecule has 30 heavy (non-hydrogen) atoms. The number of hydrogen-bond acceptors (Lipinski definition) is 5. The van der Waals surface area contributed by atoms with Crippen LogP contribution in [0.15, 0.2) is 53.4 Å². The Bertz CT molecular complexity index is 1290. The lowest BCUT2D eigenvalue weighted by Crippen LogP contribution is -2.01. The van der Waals surface area contributed by atoms with Crippen LogP contribution in [0.5, 0.6) is 11.5 Å². The van der Waals surface area contributed by atoms with Gasteiger partial charge >= 0.3 is 0 Å². The van der Waals surface area contributed by atoms with Crippen molar-refractivity contribution in [2.75, 3.05) is 19.5 Å². The van der Waals surface area contributed by atoms with E-state index in [1.165, 1.54) is 0 Å². The third-order valence-corrected chi connectivity index (χ3v) is 5.75. The topological polar surface area (TPSA) is 83.0 Å². The largest absolute Gasteiger partial charge is 0.493 e. The maximum atomic E-state index is 9.74. The summed E-state index contributed by atoms with van der Waals surface area (Å²) < 4.78 is 11.7. The molecule has 6 nitrogen and oxygen atoms in total. The lowest BCUT2D eigenvalue weighted by Gasteiger charge is -2.18. The number of hydrogen-bond donors (Lipinski definition) is 2.